The van der Waals surface area contributed by atoms with E-state index in [1.54, 1.807) is 0 Å². The largest absolute Gasteiger partial charge is 0.331 e. The van der Waals surface area contributed by atoms with Gasteiger partial charge >= 0.3 is 5.89 Å². The number of nitrogens with zero attached hydrogens (tertiary/aromatic N) is 3. The Balaban J connectivity index is 2.70. The highest BCUT2D eigenvalue weighted by Crippen LogP contribution is 1.98. The second-order valence-corrected chi connectivity index (χ2v) is 1.77. The minimum atomic E-state index is 0.188. The summed E-state index contributed by atoms with van der Waals surface area (Å²) < 4.78 is 4.72. The lowest BCUT2D eigenvalue weighted by molar-refractivity contribution is 0.380. The molecule has 0 amide bonds. The molecular weight excluding hydrogens is 130 g/mol. The highest BCUT2D eigenvalue weighted by atomic mass is 16.5. The van der Waals surface area contributed by atoms with Crippen LogP contribution in [0, 0.1) is 6.57 Å². The molecule has 0 aliphatic rings. The van der Waals surface area contributed by atoms with Crippen molar-refractivity contribution in [1.29, 1.82) is 0 Å². The van der Waals surface area contributed by atoms with Crippen molar-refractivity contribution in [2.24, 2.45) is 0 Å². The van der Waals surface area contributed by atoms with Crippen LogP contribution in [0.5, 0.6) is 0 Å². The highest BCUT2D eigenvalue weighted by Gasteiger charge is 2.04. The molecule has 4 nitrogen and oxygen atoms in total. The summed E-state index contributed by atoms with van der Waals surface area (Å²) in [6.45, 7) is 8.63. The van der Waals surface area contributed by atoms with E-state index in [-0.39, 0.29) is 6.54 Å². The monoisotopic (exact) mass is 137 g/mol. The first-order valence-electron chi connectivity index (χ1n) is 3.01. The summed E-state index contributed by atoms with van der Waals surface area (Å²) in [5.74, 6) is 1.07. The van der Waals surface area contributed by atoms with Gasteiger partial charge in [0.2, 0.25) is 0 Å². The highest BCUT2D eigenvalue weighted by molar-refractivity contribution is 4.87. The molecule has 0 atom stereocenters. The molecule has 0 fully saturated rings. The topological polar surface area (TPSA) is 43.3 Å². The molecule has 10 heavy (non-hydrogen) atoms. The van der Waals surface area contributed by atoms with Gasteiger partial charge in [-0.1, -0.05) is 12.1 Å². The van der Waals surface area contributed by atoms with Crippen LogP contribution in [-0.2, 0) is 13.0 Å². The summed E-state index contributed by atoms with van der Waals surface area (Å²) in [4.78, 5) is 7.03. The average molecular weight is 137 g/mol. The van der Waals surface area contributed by atoms with E-state index in [2.05, 4.69) is 15.0 Å². The molecule has 0 aliphatic carbocycles. The number of aromatic nitrogens is 2. The van der Waals surface area contributed by atoms with Gasteiger partial charge in [0.05, 0.1) is 0 Å². The maximum Gasteiger partial charge on any atom is 0.306 e. The van der Waals surface area contributed by atoms with Crippen molar-refractivity contribution in [2.45, 2.75) is 19.9 Å². The molecule has 0 aromatic carbocycles. The van der Waals surface area contributed by atoms with Gasteiger partial charge in [-0.15, -0.1) is 0 Å². The summed E-state index contributed by atoms with van der Waals surface area (Å²) in [6, 6.07) is 0. The first-order valence-corrected chi connectivity index (χ1v) is 3.01. The SMILES string of the molecule is [C-]#[N+]Cc1nc(CC)no1. The summed E-state index contributed by atoms with van der Waals surface area (Å²) >= 11 is 0. The van der Waals surface area contributed by atoms with Gasteiger partial charge in [-0.2, -0.15) is 4.98 Å². The van der Waals surface area contributed by atoms with E-state index in [9.17, 15) is 0 Å². The lowest BCUT2D eigenvalue weighted by Gasteiger charge is -1.75. The minimum Gasteiger partial charge on any atom is -0.331 e. The molecule has 1 heterocycles. The van der Waals surface area contributed by atoms with Crippen molar-refractivity contribution in [3.8, 4) is 0 Å². The molecule has 0 aliphatic heterocycles. The Morgan fingerprint density at radius 3 is 3.00 bits per heavy atom. The molecule has 1 aromatic rings. The van der Waals surface area contributed by atoms with Gasteiger partial charge in [-0.3, -0.25) is 0 Å². The fraction of sp³-hybridized carbons (Fsp3) is 0.500. The van der Waals surface area contributed by atoms with Crippen LogP contribution in [-0.4, -0.2) is 10.1 Å². The van der Waals surface area contributed by atoms with E-state index < -0.39 is 0 Å². The van der Waals surface area contributed by atoms with E-state index >= 15 is 0 Å². The van der Waals surface area contributed by atoms with Crippen LogP contribution < -0.4 is 0 Å². The number of aryl methyl sites for hydroxylation is 1. The summed E-state index contributed by atoms with van der Waals surface area (Å²) in [5.41, 5.74) is 0. The third-order valence-corrected chi connectivity index (χ3v) is 1.04. The van der Waals surface area contributed by atoms with Crippen LogP contribution in [0.2, 0.25) is 0 Å². The lowest BCUT2D eigenvalue weighted by Crippen LogP contribution is -1.82. The maximum absolute atomic E-state index is 6.50. The van der Waals surface area contributed by atoms with Gasteiger partial charge in [-0.25, -0.2) is 6.57 Å². The van der Waals surface area contributed by atoms with Crippen molar-refractivity contribution in [3.63, 3.8) is 0 Å². The fourth-order valence-corrected chi connectivity index (χ4v) is 0.566. The number of rotatable bonds is 2. The van der Waals surface area contributed by atoms with Crippen LogP contribution in [0.4, 0.5) is 0 Å². The van der Waals surface area contributed by atoms with E-state index in [1.165, 1.54) is 0 Å². The number of hydrogen-bond acceptors (Lipinski definition) is 3. The van der Waals surface area contributed by atoms with Crippen molar-refractivity contribution < 1.29 is 4.52 Å². The maximum atomic E-state index is 6.50. The summed E-state index contributed by atoms with van der Waals surface area (Å²) in [5, 5.41) is 3.62. The third kappa shape index (κ3) is 1.32. The molecular formula is C6H7N3O. The number of hydrogen-bond donors (Lipinski definition) is 0. The van der Waals surface area contributed by atoms with E-state index in [4.69, 9.17) is 11.1 Å². The van der Waals surface area contributed by atoms with Gasteiger partial charge in [0.1, 0.15) is 0 Å². The van der Waals surface area contributed by atoms with Crippen LogP contribution in [0.1, 0.15) is 18.6 Å². The minimum absolute atomic E-state index is 0.188. The molecule has 1 rings (SSSR count). The smallest absolute Gasteiger partial charge is 0.306 e. The standard InChI is InChI=1S/C6H7N3O/c1-3-5-8-6(4-7-2)10-9-5/h3-4H2,1H3. The van der Waals surface area contributed by atoms with E-state index in [0.29, 0.717) is 11.7 Å². The van der Waals surface area contributed by atoms with Crippen LogP contribution in [0.15, 0.2) is 4.52 Å². The van der Waals surface area contributed by atoms with Crippen LogP contribution in [0.3, 0.4) is 0 Å². The predicted octanol–water partition coefficient (Wildman–Crippen LogP) is 1.05. The van der Waals surface area contributed by atoms with Crippen LogP contribution >= 0.6 is 0 Å². The van der Waals surface area contributed by atoms with Crippen molar-refractivity contribution in [3.05, 3.63) is 23.1 Å². The molecule has 0 saturated carbocycles. The molecule has 0 unspecified atom stereocenters. The van der Waals surface area contributed by atoms with Gasteiger partial charge in [0, 0.05) is 6.42 Å². The van der Waals surface area contributed by atoms with Crippen molar-refractivity contribution >= 4 is 0 Å². The molecule has 4 heteroatoms. The first kappa shape index (κ1) is 6.75. The Morgan fingerprint density at radius 1 is 1.70 bits per heavy atom. The first-order chi connectivity index (χ1) is 4.86. The van der Waals surface area contributed by atoms with Crippen LogP contribution in [0.25, 0.3) is 4.85 Å². The quantitative estimate of drug-likeness (QED) is 0.572. The molecule has 1 aromatic heterocycles. The molecule has 0 radical (unpaired) electrons. The Morgan fingerprint density at radius 2 is 2.50 bits per heavy atom. The summed E-state index contributed by atoms with van der Waals surface area (Å²) in [6.07, 6.45) is 0.751. The fourth-order valence-electron chi connectivity index (χ4n) is 0.566. The Kier molecular flexibility index (Phi) is 2.00. The molecule has 0 spiro atoms. The normalized spacial score (nSPS) is 9.20. The zero-order valence-corrected chi connectivity index (χ0v) is 5.66. The zero-order valence-electron chi connectivity index (χ0n) is 5.66. The van der Waals surface area contributed by atoms with E-state index in [0.717, 1.165) is 6.42 Å². The molecule has 0 bridgehead atoms. The molecule has 0 saturated heterocycles. The zero-order chi connectivity index (χ0) is 7.40. The predicted molar refractivity (Wildman–Crippen MR) is 34.0 cm³/mol. The third-order valence-electron chi connectivity index (χ3n) is 1.04. The Labute approximate surface area is 58.7 Å². The van der Waals surface area contributed by atoms with Gasteiger partial charge in [-0.05, 0) is 0 Å². The van der Waals surface area contributed by atoms with Gasteiger partial charge in [0.15, 0.2) is 5.82 Å². The van der Waals surface area contributed by atoms with Crippen molar-refractivity contribution in [1.82, 2.24) is 10.1 Å². The Bertz CT molecular complexity index is 248. The second kappa shape index (κ2) is 2.97. The average Bonchev–Trinajstić information content (AvgIpc) is 2.37. The van der Waals surface area contributed by atoms with Gasteiger partial charge < -0.3 is 9.37 Å². The summed E-state index contributed by atoms with van der Waals surface area (Å²) in [7, 11) is 0. The second-order valence-electron chi connectivity index (χ2n) is 1.77. The van der Waals surface area contributed by atoms with E-state index in [1.807, 2.05) is 6.92 Å². The van der Waals surface area contributed by atoms with Crippen molar-refractivity contribution in [2.75, 3.05) is 0 Å². The lowest BCUT2D eigenvalue weighted by atomic mass is 10.5. The van der Waals surface area contributed by atoms with Gasteiger partial charge in [0.25, 0.3) is 6.54 Å². The molecule has 52 valence electrons. The molecule has 0 N–H and O–H groups in total. The Hall–Kier alpha value is -1.37.